The molecule has 1 saturated heterocycles. The zero-order chi connectivity index (χ0) is 20.1. The van der Waals surface area contributed by atoms with Gasteiger partial charge in [0.05, 0.1) is 30.3 Å². The summed E-state index contributed by atoms with van der Waals surface area (Å²) in [6.45, 7) is 2.90. The van der Waals surface area contributed by atoms with Crippen molar-refractivity contribution in [2.24, 2.45) is 0 Å². The number of H-pyrrole nitrogens is 1. The number of ether oxygens (including phenoxy) is 1. The minimum atomic E-state index is -0.116. The standard InChI is InChI=1S/C20H20ClN5O2S/c21-15-6-7-18(25-8-10-28-11-9-25)17(12-15)24-19(27)13-29-20-22-14-23-26(20)16-4-2-1-3-5-16/h1-7,12,14H,8-11,13H2,(H,24,27)/p+1. The second kappa shape index (κ2) is 9.30. The number of hydrogen-bond donors (Lipinski definition) is 2. The largest absolute Gasteiger partial charge is 0.385 e. The van der Waals surface area contributed by atoms with Crippen molar-refractivity contribution in [3.63, 3.8) is 0 Å². The van der Waals surface area contributed by atoms with Crippen molar-refractivity contribution in [1.82, 2.24) is 10.1 Å². The van der Waals surface area contributed by atoms with Crippen molar-refractivity contribution >= 4 is 40.6 Å². The highest BCUT2D eigenvalue weighted by Gasteiger charge is 2.20. The number of morpholine rings is 1. The van der Waals surface area contributed by atoms with E-state index in [1.807, 2.05) is 47.1 Å². The van der Waals surface area contributed by atoms with Gasteiger partial charge in [-0.2, -0.15) is 5.10 Å². The van der Waals surface area contributed by atoms with Crippen molar-refractivity contribution in [2.45, 2.75) is 5.16 Å². The van der Waals surface area contributed by atoms with E-state index in [1.54, 1.807) is 12.4 Å². The Hall–Kier alpha value is -2.55. The topological polar surface area (TPSA) is 74.1 Å². The number of amides is 1. The molecule has 3 aromatic rings. The van der Waals surface area contributed by atoms with E-state index in [-0.39, 0.29) is 11.7 Å². The monoisotopic (exact) mass is 430 g/mol. The average molecular weight is 431 g/mol. The maximum Gasteiger partial charge on any atom is 0.385 e. The van der Waals surface area contributed by atoms with Crippen molar-refractivity contribution in [3.8, 4) is 5.69 Å². The number of thioether (sulfide) groups is 1. The average Bonchev–Trinajstić information content (AvgIpc) is 3.22. The highest BCUT2D eigenvalue weighted by molar-refractivity contribution is 7.99. The maximum absolute atomic E-state index is 12.6. The molecule has 1 aliphatic heterocycles. The molecule has 1 fully saturated rings. The van der Waals surface area contributed by atoms with Gasteiger partial charge in [0, 0.05) is 18.1 Å². The van der Waals surface area contributed by atoms with E-state index < -0.39 is 0 Å². The van der Waals surface area contributed by atoms with Gasteiger partial charge in [0.15, 0.2) is 5.69 Å². The molecule has 0 radical (unpaired) electrons. The van der Waals surface area contributed by atoms with Crippen LogP contribution >= 0.6 is 23.4 Å². The summed E-state index contributed by atoms with van der Waals surface area (Å²) in [5, 5.41) is 7.36. The van der Waals surface area contributed by atoms with Gasteiger partial charge in [0.2, 0.25) is 12.2 Å². The van der Waals surface area contributed by atoms with Crippen LogP contribution in [0.2, 0.25) is 5.02 Å². The number of anilines is 2. The summed E-state index contributed by atoms with van der Waals surface area (Å²) < 4.78 is 7.27. The van der Waals surface area contributed by atoms with Gasteiger partial charge in [-0.05, 0) is 47.1 Å². The van der Waals surface area contributed by atoms with Gasteiger partial charge in [-0.15, -0.1) is 4.68 Å². The van der Waals surface area contributed by atoms with Crippen LogP contribution in [0.1, 0.15) is 0 Å². The molecule has 2 aromatic carbocycles. The lowest BCUT2D eigenvalue weighted by Gasteiger charge is -2.30. The van der Waals surface area contributed by atoms with Crippen LogP contribution in [0.25, 0.3) is 5.69 Å². The third-order valence-corrected chi connectivity index (χ3v) is 5.67. The number of aromatic amines is 1. The van der Waals surface area contributed by atoms with Crippen LogP contribution in [0, 0.1) is 0 Å². The molecule has 0 unspecified atom stereocenters. The Morgan fingerprint density at radius 2 is 2.03 bits per heavy atom. The minimum Gasteiger partial charge on any atom is -0.378 e. The third-order valence-electron chi connectivity index (χ3n) is 4.48. The summed E-state index contributed by atoms with van der Waals surface area (Å²) in [6, 6.07) is 15.4. The number of aromatic nitrogens is 3. The second-order valence-electron chi connectivity index (χ2n) is 6.44. The van der Waals surface area contributed by atoms with E-state index in [0.717, 1.165) is 24.5 Å². The van der Waals surface area contributed by atoms with Crippen LogP contribution in [0.4, 0.5) is 11.4 Å². The van der Waals surface area contributed by atoms with Crippen molar-refractivity contribution in [3.05, 3.63) is 59.9 Å². The molecule has 9 heteroatoms. The molecule has 1 amide bonds. The SMILES string of the molecule is O=C(CSc1nc[nH][n+]1-c1ccccc1)Nc1cc(Cl)ccc1N1CCOCC1. The number of benzene rings is 2. The Bertz CT molecular complexity index is 976. The molecule has 1 aliphatic rings. The molecule has 150 valence electrons. The lowest BCUT2D eigenvalue weighted by Crippen LogP contribution is -2.37. The predicted molar refractivity (Wildman–Crippen MR) is 114 cm³/mol. The molecule has 4 rings (SSSR count). The molecule has 0 bridgehead atoms. The van der Waals surface area contributed by atoms with E-state index in [2.05, 4.69) is 20.3 Å². The van der Waals surface area contributed by atoms with E-state index in [0.29, 0.717) is 29.1 Å². The molecule has 2 heterocycles. The molecule has 29 heavy (non-hydrogen) atoms. The molecule has 0 atom stereocenters. The van der Waals surface area contributed by atoms with E-state index in [1.165, 1.54) is 11.8 Å². The number of para-hydroxylation sites is 1. The fourth-order valence-corrected chi connectivity index (χ4v) is 4.04. The predicted octanol–water partition coefficient (Wildman–Crippen LogP) is 2.91. The molecule has 0 spiro atoms. The molecule has 0 aliphatic carbocycles. The van der Waals surface area contributed by atoms with Crippen LogP contribution in [-0.2, 0) is 9.53 Å². The number of nitrogens with zero attached hydrogens (tertiary/aromatic N) is 3. The first-order chi connectivity index (χ1) is 14.2. The lowest BCUT2D eigenvalue weighted by molar-refractivity contribution is -0.694. The highest BCUT2D eigenvalue weighted by atomic mass is 35.5. The maximum atomic E-state index is 12.6. The Morgan fingerprint density at radius 1 is 1.24 bits per heavy atom. The van der Waals surface area contributed by atoms with E-state index in [9.17, 15) is 4.79 Å². The summed E-state index contributed by atoms with van der Waals surface area (Å²) in [6.07, 6.45) is 1.61. The van der Waals surface area contributed by atoms with E-state index >= 15 is 0 Å². The Kier molecular flexibility index (Phi) is 6.33. The smallest absolute Gasteiger partial charge is 0.378 e. The number of halogens is 1. The highest BCUT2D eigenvalue weighted by Crippen LogP contribution is 2.30. The summed E-state index contributed by atoms with van der Waals surface area (Å²) in [5.74, 6) is 0.113. The normalized spacial score (nSPS) is 14.0. The van der Waals surface area contributed by atoms with Gasteiger partial charge in [-0.1, -0.05) is 29.8 Å². The Labute approximate surface area is 178 Å². The van der Waals surface area contributed by atoms with Gasteiger partial charge in [0.25, 0.3) is 0 Å². The summed E-state index contributed by atoms with van der Waals surface area (Å²) >= 11 is 7.53. The first-order valence-corrected chi connectivity index (χ1v) is 10.6. The number of hydrogen-bond acceptors (Lipinski definition) is 5. The fourth-order valence-electron chi connectivity index (χ4n) is 3.12. The summed E-state index contributed by atoms with van der Waals surface area (Å²) in [7, 11) is 0. The molecule has 1 aromatic heterocycles. The fraction of sp³-hybridized carbons (Fsp3) is 0.250. The van der Waals surface area contributed by atoms with Crippen molar-refractivity contribution < 1.29 is 14.2 Å². The number of rotatable bonds is 6. The molecule has 2 N–H and O–H groups in total. The first kappa shape index (κ1) is 19.8. The summed E-state index contributed by atoms with van der Waals surface area (Å²) in [4.78, 5) is 19.2. The molecule has 0 saturated carbocycles. The molecular weight excluding hydrogens is 410 g/mol. The van der Waals surface area contributed by atoms with E-state index in [4.69, 9.17) is 16.3 Å². The first-order valence-electron chi connectivity index (χ1n) is 9.26. The number of carbonyl (C=O) groups is 1. The van der Waals surface area contributed by atoms with Crippen LogP contribution < -0.4 is 14.9 Å². The van der Waals surface area contributed by atoms with Crippen LogP contribution in [-0.4, -0.2) is 48.0 Å². The second-order valence-corrected chi connectivity index (χ2v) is 7.82. The zero-order valence-electron chi connectivity index (χ0n) is 15.7. The Balaban J connectivity index is 1.43. The lowest BCUT2D eigenvalue weighted by atomic mass is 10.2. The summed E-state index contributed by atoms with van der Waals surface area (Å²) in [5.41, 5.74) is 2.62. The number of carbonyl (C=O) groups excluding carboxylic acids is 1. The number of nitrogens with one attached hydrogen (secondary N) is 2. The third kappa shape index (κ3) is 4.90. The Morgan fingerprint density at radius 3 is 2.83 bits per heavy atom. The minimum absolute atomic E-state index is 0.116. The molecular formula is C20H21ClN5O2S+. The van der Waals surface area contributed by atoms with Crippen molar-refractivity contribution in [1.29, 1.82) is 0 Å². The van der Waals surface area contributed by atoms with Gasteiger partial charge in [-0.3, -0.25) is 4.79 Å². The van der Waals surface area contributed by atoms with Crippen LogP contribution in [0.5, 0.6) is 0 Å². The van der Waals surface area contributed by atoms with Crippen LogP contribution in [0.15, 0.2) is 60.0 Å². The molecule has 7 nitrogen and oxygen atoms in total. The quantitative estimate of drug-likeness (QED) is 0.464. The van der Waals surface area contributed by atoms with Crippen molar-refractivity contribution in [2.75, 3.05) is 42.3 Å². The van der Waals surface area contributed by atoms with Crippen LogP contribution in [0.3, 0.4) is 0 Å². The van der Waals surface area contributed by atoms with Gasteiger partial charge in [0.1, 0.15) is 0 Å². The van der Waals surface area contributed by atoms with Gasteiger partial charge in [-0.25, -0.2) is 0 Å². The zero-order valence-corrected chi connectivity index (χ0v) is 17.2. The van der Waals surface area contributed by atoms with Gasteiger partial charge >= 0.3 is 5.16 Å². The van der Waals surface area contributed by atoms with Gasteiger partial charge < -0.3 is 15.0 Å².